The number of aromatic nitrogens is 2. The van der Waals surface area contributed by atoms with Gasteiger partial charge in [-0.25, -0.2) is 14.8 Å². The molecule has 2 unspecified atom stereocenters. The predicted molar refractivity (Wildman–Crippen MR) is 111 cm³/mol. The van der Waals surface area contributed by atoms with Crippen molar-refractivity contribution in [1.82, 2.24) is 14.9 Å². The summed E-state index contributed by atoms with van der Waals surface area (Å²) in [6.07, 6.45) is 5.84. The summed E-state index contributed by atoms with van der Waals surface area (Å²) < 4.78 is 5.51. The molecule has 0 spiro atoms. The average molecular weight is 415 g/mol. The van der Waals surface area contributed by atoms with Crippen molar-refractivity contribution in [2.45, 2.75) is 39.2 Å². The fraction of sp³-hybridized carbons (Fsp3) is 0.524. The second-order valence-corrected chi connectivity index (χ2v) is 8.95. The first-order chi connectivity index (χ1) is 14.0. The molecule has 2 aromatic rings. The number of nitrogens with zero attached hydrogens (tertiary/aromatic N) is 4. The van der Waals surface area contributed by atoms with E-state index in [0.29, 0.717) is 42.9 Å². The molecule has 2 aliphatic rings. The minimum atomic E-state index is -0.792. The van der Waals surface area contributed by atoms with E-state index in [2.05, 4.69) is 21.8 Å². The Hall–Kier alpha value is -2.48. The first kappa shape index (κ1) is 19.8. The minimum Gasteiger partial charge on any atom is -0.448 e. The third-order valence-electron chi connectivity index (χ3n) is 5.59. The van der Waals surface area contributed by atoms with E-state index in [-0.39, 0.29) is 5.91 Å². The van der Waals surface area contributed by atoms with Crippen molar-refractivity contribution < 1.29 is 14.3 Å². The van der Waals surface area contributed by atoms with Crippen LogP contribution in [-0.2, 0) is 22.4 Å². The quantitative estimate of drug-likeness (QED) is 0.716. The summed E-state index contributed by atoms with van der Waals surface area (Å²) in [4.78, 5) is 39.5. The van der Waals surface area contributed by atoms with E-state index in [1.54, 1.807) is 30.3 Å². The molecule has 154 valence electrons. The highest BCUT2D eigenvalue weighted by Crippen LogP contribution is 2.32. The number of carbonyl (C=O) groups excluding carboxylic acids is 2. The van der Waals surface area contributed by atoms with Crippen LogP contribution in [0.5, 0.6) is 0 Å². The molecule has 0 radical (unpaired) electrons. The van der Waals surface area contributed by atoms with Crippen molar-refractivity contribution in [1.29, 1.82) is 0 Å². The normalized spacial score (nSPS) is 20.1. The number of hydrogen-bond acceptors (Lipinski definition) is 7. The molecule has 0 saturated carbocycles. The number of esters is 1. The van der Waals surface area contributed by atoms with Gasteiger partial charge in [-0.2, -0.15) is 0 Å². The first-order valence-electron chi connectivity index (χ1n) is 10.1. The lowest BCUT2D eigenvalue weighted by molar-refractivity contribution is -0.140. The van der Waals surface area contributed by atoms with Gasteiger partial charge in [0.25, 0.3) is 5.91 Å². The molecule has 1 aliphatic heterocycles. The second kappa shape index (κ2) is 8.49. The summed E-state index contributed by atoms with van der Waals surface area (Å²) in [5.74, 6) is 0.785. The third kappa shape index (κ3) is 4.42. The van der Waals surface area contributed by atoms with Crippen LogP contribution in [0.1, 0.15) is 40.4 Å². The van der Waals surface area contributed by atoms with Gasteiger partial charge in [0.2, 0.25) is 5.95 Å². The summed E-state index contributed by atoms with van der Waals surface area (Å²) in [7, 11) is 0. The number of carbonyl (C=O) groups is 2. The number of aryl methyl sites for hydroxylation is 1. The molecule has 1 aliphatic carbocycles. The Kier molecular flexibility index (Phi) is 5.80. The molecular formula is C21H26N4O3S. The maximum Gasteiger partial charge on any atom is 0.349 e. The molecule has 2 aromatic heterocycles. The van der Waals surface area contributed by atoms with Crippen molar-refractivity contribution >= 4 is 29.2 Å². The lowest BCUT2D eigenvalue weighted by atomic mass is 9.90. The Morgan fingerprint density at radius 2 is 1.93 bits per heavy atom. The molecule has 1 fully saturated rings. The zero-order valence-corrected chi connectivity index (χ0v) is 17.7. The smallest absolute Gasteiger partial charge is 0.349 e. The lowest BCUT2D eigenvalue weighted by Crippen LogP contribution is -2.52. The van der Waals surface area contributed by atoms with E-state index in [0.717, 1.165) is 19.3 Å². The molecule has 29 heavy (non-hydrogen) atoms. The van der Waals surface area contributed by atoms with E-state index >= 15 is 0 Å². The van der Waals surface area contributed by atoms with Crippen LogP contribution in [0, 0.1) is 5.92 Å². The zero-order chi connectivity index (χ0) is 20.4. The van der Waals surface area contributed by atoms with Crippen molar-refractivity contribution in [3.8, 4) is 0 Å². The molecule has 0 N–H and O–H groups in total. The van der Waals surface area contributed by atoms with Crippen LogP contribution in [0.25, 0.3) is 0 Å². The molecule has 1 amide bonds. The van der Waals surface area contributed by atoms with Crippen LogP contribution in [0.2, 0.25) is 0 Å². The number of ether oxygens (including phenoxy) is 1. The summed E-state index contributed by atoms with van der Waals surface area (Å²) in [6.45, 7) is 6.33. The molecule has 7 nitrogen and oxygen atoms in total. The number of thiophene rings is 1. The molecule has 4 rings (SSSR count). The van der Waals surface area contributed by atoms with Gasteiger partial charge in [0, 0.05) is 43.4 Å². The number of rotatable bonds is 4. The van der Waals surface area contributed by atoms with Gasteiger partial charge >= 0.3 is 5.97 Å². The van der Waals surface area contributed by atoms with Crippen molar-refractivity contribution in [3.05, 3.63) is 39.8 Å². The number of amides is 1. The average Bonchev–Trinajstić information content (AvgIpc) is 3.17. The van der Waals surface area contributed by atoms with Crippen LogP contribution < -0.4 is 4.90 Å². The second-order valence-electron chi connectivity index (χ2n) is 7.82. The van der Waals surface area contributed by atoms with E-state index < -0.39 is 12.1 Å². The largest absolute Gasteiger partial charge is 0.448 e. The fourth-order valence-corrected chi connectivity index (χ4v) is 5.01. The van der Waals surface area contributed by atoms with Gasteiger partial charge < -0.3 is 14.5 Å². The third-order valence-corrected chi connectivity index (χ3v) is 6.81. The van der Waals surface area contributed by atoms with Gasteiger partial charge in [0.15, 0.2) is 6.10 Å². The van der Waals surface area contributed by atoms with E-state index in [4.69, 9.17) is 4.74 Å². The zero-order valence-electron chi connectivity index (χ0n) is 16.8. The molecule has 1 saturated heterocycles. The van der Waals surface area contributed by atoms with Crippen LogP contribution >= 0.6 is 11.3 Å². The lowest BCUT2D eigenvalue weighted by Gasteiger charge is -2.35. The van der Waals surface area contributed by atoms with Crippen molar-refractivity contribution in [2.24, 2.45) is 5.92 Å². The molecule has 0 bridgehead atoms. The highest BCUT2D eigenvalue weighted by atomic mass is 32.1. The van der Waals surface area contributed by atoms with Gasteiger partial charge in [-0.15, -0.1) is 11.3 Å². The number of piperazine rings is 1. The predicted octanol–water partition coefficient (Wildman–Crippen LogP) is 2.56. The van der Waals surface area contributed by atoms with Gasteiger partial charge in [-0.1, -0.05) is 6.92 Å². The standard InChI is InChI=1S/C21H26N4O3S/c1-14-4-5-17-16(12-14)13-18(29-17)20(27)28-15(2)19(26)24-8-10-25(11-9-24)21-22-6-3-7-23-21/h3,6-7,13-15H,4-5,8-12H2,1-2H3. The van der Waals surface area contributed by atoms with Crippen molar-refractivity contribution in [3.63, 3.8) is 0 Å². The SMILES string of the molecule is CC1CCc2sc(C(=O)OC(C)C(=O)N3CCN(c4ncccn4)CC3)cc2C1. The van der Waals surface area contributed by atoms with Gasteiger partial charge in [0.1, 0.15) is 4.88 Å². The fourth-order valence-electron chi connectivity index (χ4n) is 3.91. The van der Waals surface area contributed by atoms with E-state index in [1.807, 2.05) is 6.07 Å². The highest BCUT2D eigenvalue weighted by Gasteiger charge is 2.29. The van der Waals surface area contributed by atoms with Crippen LogP contribution in [0.15, 0.2) is 24.5 Å². The summed E-state index contributed by atoms with van der Waals surface area (Å²) in [5, 5.41) is 0. The van der Waals surface area contributed by atoms with Crippen LogP contribution in [0.4, 0.5) is 5.95 Å². The Morgan fingerprint density at radius 1 is 1.21 bits per heavy atom. The maximum atomic E-state index is 12.7. The molecule has 3 heterocycles. The van der Waals surface area contributed by atoms with Crippen molar-refractivity contribution in [2.75, 3.05) is 31.1 Å². The van der Waals surface area contributed by atoms with Gasteiger partial charge in [0.05, 0.1) is 0 Å². The van der Waals surface area contributed by atoms with Crippen LogP contribution in [-0.4, -0.2) is 59.0 Å². The number of hydrogen-bond donors (Lipinski definition) is 0. The maximum absolute atomic E-state index is 12.7. The molecule has 0 aromatic carbocycles. The summed E-state index contributed by atoms with van der Waals surface area (Å²) >= 11 is 1.51. The van der Waals surface area contributed by atoms with Crippen LogP contribution in [0.3, 0.4) is 0 Å². The highest BCUT2D eigenvalue weighted by molar-refractivity contribution is 7.14. The Labute approximate surface area is 174 Å². The summed E-state index contributed by atoms with van der Waals surface area (Å²) in [5.41, 5.74) is 1.26. The first-order valence-corrected chi connectivity index (χ1v) is 11.0. The number of fused-ring (bicyclic) bond motifs is 1. The molecular weight excluding hydrogens is 388 g/mol. The van der Waals surface area contributed by atoms with Gasteiger partial charge in [-0.05, 0) is 49.8 Å². The van der Waals surface area contributed by atoms with Gasteiger partial charge in [-0.3, -0.25) is 4.79 Å². The van der Waals surface area contributed by atoms with E-state index in [9.17, 15) is 9.59 Å². The summed E-state index contributed by atoms with van der Waals surface area (Å²) in [6, 6.07) is 3.73. The number of anilines is 1. The van der Waals surface area contributed by atoms with E-state index in [1.165, 1.54) is 21.8 Å². The minimum absolute atomic E-state index is 0.151. The molecule has 8 heteroatoms. The Morgan fingerprint density at radius 3 is 2.66 bits per heavy atom. The topological polar surface area (TPSA) is 75.6 Å². The Bertz CT molecular complexity index is 877. The molecule has 2 atom stereocenters. The Balaban J connectivity index is 1.31. The monoisotopic (exact) mass is 414 g/mol.